The first-order valence-corrected chi connectivity index (χ1v) is 5.75. The van der Waals surface area contributed by atoms with Crippen molar-refractivity contribution in [2.75, 3.05) is 0 Å². The molecule has 1 aromatic heterocycles. The molecule has 1 heterocycles. The highest BCUT2D eigenvalue weighted by atomic mass is 35.5. The molecule has 4 heteroatoms. The lowest BCUT2D eigenvalue weighted by atomic mass is 10.2. The number of furan rings is 1. The maximum absolute atomic E-state index is 6.01. The zero-order chi connectivity index (χ0) is 12.1. The van der Waals surface area contributed by atoms with Crippen molar-refractivity contribution in [2.45, 2.75) is 19.8 Å². The second-order valence-electron chi connectivity index (χ2n) is 3.71. The molecule has 2 aromatic rings. The molecule has 3 nitrogen and oxygen atoms in total. The van der Waals surface area contributed by atoms with Crippen molar-refractivity contribution in [2.24, 2.45) is 5.73 Å². The summed E-state index contributed by atoms with van der Waals surface area (Å²) < 4.78 is 10.8. The first-order valence-electron chi connectivity index (χ1n) is 5.37. The molecule has 2 N–H and O–H groups in total. The third kappa shape index (κ3) is 3.33. The molecule has 2 rings (SSSR count). The number of rotatable bonds is 5. The largest absolute Gasteiger partial charge is 0.467 e. The Morgan fingerprint density at radius 1 is 1.24 bits per heavy atom. The molecule has 0 bridgehead atoms. The number of nitrogens with two attached hydrogens (primary N) is 1. The van der Waals surface area contributed by atoms with Crippen LogP contribution in [0.5, 0.6) is 0 Å². The van der Waals surface area contributed by atoms with Gasteiger partial charge in [-0.05, 0) is 17.7 Å². The van der Waals surface area contributed by atoms with Crippen LogP contribution >= 0.6 is 11.6 Å². The Balaban J connectivity index is 1.85. The molecule has 17 heavy (non-hydrogen) atoms. The quantitative estimate of drug-likeness (QED) is 0.888. The Hall–Kier alpha value is -1.29. The van der Waals surface area contributed by atoms with E-state index in [-0.39, 0.29) is 0 Å². The highest BCUT2D eigenvalue weighted by Gasteiger charge is 2.02. The van der Waals surface area contributed by atoms with Crippen LogP contribution in [-0.2, 0) is 24.5 Å². The molecule has 0 saturated heterocycles. The van der Waals surface area contributed by atoms with Gasteiger partial charge in [0.25, 0.3) is 0 Å². The summed E-state index contributed by atoms with van der Waals surface area (Å²) in [6, 6.07) is 9.51. The molecule has 0 amide bonds. The van der Waals surface area contributed by atoms with E-state index in [0.717, 1.165) is 21.9 Å². The molecular formula is C13H14ClNO2. The molecule has 0 radical (unpaired) electrons. The van der Waals surface area contributed by atoms with Crippen molar-refractivity contribution < 1.29 is 9.15 Å². The Bertz CT molecular complexity index is 482. The summed E-state index contributed by atoms with van der Waals surface area (Å²) in [5.74, 6) is 0.775. The molecule has 0 aliphatic carbocycles. The number of hydrogen-bond donors (Lipinski definition) is 1. The van der Waals surface area contributed by atoms with Crippen LogP contribution in [0.3, 0.4) is 0 Å². The second-order valence-corrected chi connectivity index (χ2v) is 4.12. The van der Waals surface area contributed by atoms with Crippen molar-refractivity contribution in [3.05, 3.63) is 58.5 Å². The van der Waals surface area contributed by atoms with Crippen LogP contribution in [0.15, 0.2) is 41.0 Å². The Morgan fingerprint density at radius 2 is 2.06 bits per heavy atom. The summed E-state index contributed by atoms with van der Waals surface area (Å²) in [5.41, 5.74) is 7.43. The fourth-order valence-electron chi connectivity index (χ4n) is 1.49. The first kappa shape index (κ1) is 12.2. The summed E-state index contributed by atoms with van der Waals surface area (Å²) in [5, 5.41) is 0.717. The minimum atomic E-state index is 0.422. The molecule has 90 valence electrons. The van der Waals surface area contributed by atoms with Crippen molar-refractivity contribution in [3.63, 3.8) is 0 Å². The van der Waals surface area contributed by atoms with Gasteiger partial charge in [-0.3, -0.25) is 0 Å². The van der Waals surface area contributed by atoms with Crippen molar-refractivity contribution in [3.8, 4) is 0 Å². The molecule has 0 saturated carbocycles. The number of halogens is 1. The standard InChI is InChI=1S/C13H14ClNO2/c14-13-4-2-1-3-11(13)8-16-9-12-5-10(6-15)7-17-12/h1-5,7H,6,8-9,15H2. The molecular weight excluding hydrogens is 238 g/mol. The van der Waals surface area contributed by atoms with Crippen LogP contribution in [0.4, 0.5) is 0 Å². The fraction of sp³-hybridized carbons (Fsp3) is 0.231. The maximum atomic E-state index is 6.01. The summed E-state index contributed by atoms with van der Waals surface area (Å²) in [4.78, 5) is 0. The van der Waals surface area contributed by atoms with E-state index in [2.05, 4.69) is 0 Å². The monoisotopic (exact) mass is 251 g/mol. The summed E-state index contributed by atoms with van der Waals surface area (Å²) in [6.45, 7) is 1.37. The average Bonchev–Trinajstić information content (AvgIpc) is 2.80. The predicted molar refractivity (Wildman–Crippen MR) is 66.5 cm³/mol. The van der Waals surface area contributed by atoms with Gasteiger partial charge in [0.15, 0.2) is 0 Å². The minimum Gasteiger partial charge on any atom is -0.467 e. The van der Waals surface area contributed by atoms with E-state index in [1.165, 1.54) is 0 Å². The molecule has 0 fully saturated rings. The van der Waals surface area contributed by atoms with Gasteiger partial charge >= 0.3 is 0 Å². The lowest BCUT2D eigenvalue weighted by Crippen LogP contribution is -1.95. The smallest absolute Gasteiger partial charge is 0.129 e. The van der Waals surface area contributed by atoms with E-state index in [0.29, 0.717) is 19.8 Å². The van der Waals surface area contributed by atoms with E-state index in [9.17, 15) is 0 Å². The number of ether oxygens (including phenoxy) is 1. The van der Waals surface area contributed by atoms with Crippen molar-refractivity contribution in [1.82, 2.24) is 0 Å². The van der Waals surface area contributed by atoms with Gasteiger partial charge in [-0.1, -0.05) is 29.8 Å². The van der Waals surface area contributed by atoms with Crippen LogP contribution in [0.2, 0.25) is 5.02 Å². The minimum absolute atomic E-state index is 0.422. The second kappa shape index (κ2) is 5.87. The number of benzene rings is 1. The van der Waals surface area contributed by atoms with Crippen LogP contribution < -0.4 is 5.73 Å². The Kier molecular flexibility index (Phi) is 4.20. The fourth-order valence-corrected chi connectivity index (χ4v) is 1.68. The summed E-state index contributed by atoms with van der Waals surface area (Å²) >= 11 is 6.01. The molecule has 0 atom stereocenters. The third-order valence-corrected chi connectivity index (χ3v) is 2.77. The van der Waals surface area contributed by atoms with Gasteiger partial charge in [-0.25, -0.2) is 0 Å². The van der Waals surface area contributed by atoms with Gasteiger partial charge in [0.1, 0.15) is 12.4 Å². The first-order chi connectivity index (χ1) is 8.29. The lowest BCUT2D eigenvalue weighted by molar-refractivity contribution is 0.0930. The lowest BCUT2D eigenvalue weighted by Gasteiger charge is -2.04. The van der Waals surface area contributed by atoms with Gasteiger partial charge in [0.05, 0.1) is 12.9 Å². The van der Waals surface area contributed by atoms with Crippen LogP contribution in [0, 0.1) is 0 Å². The number of hydrogen-bond acceptors (Lipinski definition) is 3. The topological polar surface area (TPSA) is 48.4 Å². The average molecular weight is 252 g/mol. The maximum Gasteiger partial charge on any atom is 0.129 e. The van der Waals surface area contributed by atoms with E-state index in [1.54, 1.807) is 6.26 Å². The van der Waals surface area contributed by atoms with Crippen molar-refractivity contribution >= 4 is 11.6 Å². The van der Waals surface area contributed by atoms with Crippen LogP contribution in [0.1, 0.15) is 16.9 Å². The predicted octanol–water partition coefficient (Wildman–Crippen LogP) is 3.11. The molecule has 0 aliphatic rings. The third-order valence-electron chi connectivity index (χ3n) is 2.40. The van der Waals surface area contributed by atoms with Gasteiger partial charge in [0, 0.05) is 17.1 Å². The van der Waals surface area contributed by atoms with Gasteiger partial charge < -0.3 is 14.9 Å². The van der Waals surface area contributed by atoms with Gasteiger partial charge in [0.2, 0.25) is 0 Å². The van der Waals surface area contributed by atoms with Crippen molar-refractivity contribution in [1.29, 1.82) is 0 Å². The highest BCUT2D eigenvalue weighted by Crippen LogP contribution is 2.17. The highest BCUT2D eigenvalue weighted by molar-refractivity contribution is 6.31. The molecule has 1 aromatic carbocycles. The van der Waals surface area contributed by atoms with Crippen LogP contribution in [-0.4, -0.2) is 0 Å². The summed E-state index contributed by atoms with van der Waals surface area (Å²) in [7, 11) is 0. The molecule has 0 aliphatic heterocycles. The zero-order valence-electron chi connectivity index (χ0n) is 9.36. The van der Waals surface area contributed by atoms with E-state index in [1.807, 2.05) is 30.3 Å². The molecule has 0 unspecified atom stereocenters. The SMILES string of the molecule is NCc1coc(COCc2ccccc2Cl)c1. The molecule has 0 spiro atoms. The van der Waals surface area contributed by atoms with Gasteiger partial charge in [-0.15, -0.1) is 0 Å². The van der Waals surface area contributed by atoms with E-state index < -0.39 is 0 Å². The Labute approximate surface area is 105 Å². The zero-order valence-corrected chi connectivity index (χ0v) is 10.1. The van der Waals surface area contributed by atoms with E-state index in [4.69, 9.17) is 26.5 Å². The van der Waals surface area contributed by atoms with E-state index >= 15 is 0 Å². The normalized spacial score (nSPS) is 10.7. The van der Waals surface area contributed by atoms with Crippen LogP contribution in [0.25, 0.3) is 0 Å². The van der Waals surface area contributed by atoms with Gasteiger partial charge in [-0.2, -0.15) is 0 Å². The summed E-state index contributed by atoms with van der Waals surface area (Å²) in [6.07, 6.45) is 1.65. The Morgan fingerprint density at radius 3 is 2.76 bits per heavy atom.